The fourth-order valence-corrected chi connectivity index (χ4v) is 4.06. The molecule has 0 fully saturated rings. The number of pyridine rings is 1. The number of carbonyl (C=O) groups is 1. The van der Waals surface area contributed by atoms with E-state index in [0.29, 0.717) is 30.2 Å². The number of nitrogens with zero attached hydrogens (tertiary/aromatic N) is 3. The second-order valence-electron chi connectivity index (χ2n) is 7.87. The molecule has 1 aromatic heterocycles. The Hall–Kier alpha value is -3.74. The monoisotopic (exact) mass is 415 g/mol. The summed E-state index contributed by atoms with van der Waals surface area (Å²) in [6.45, 7) is 9.18. The summed E-state index contributed by atoms with van der Waals surface area (Å²) in [6, 6.07) is 9.58. The highest BCUT2D eigenvalue weighted by Crippen LogP contribution is 2.31. The molecule has 0 aliphatic carbocycles. The topological polar surface area (TPSA) is 102 Å². The normalized spacial score (nSPS) is 15.1. The molecule has 0 bridgehead atoms. The molecule has 4 rings (SSSR count). The summed E-state index contributed by atoms with van der Waals surface area (Å²) in [4.78, 5) is 23.7. The lowest BCUT2D eigenvalue weighted by atomic mass is 9.94. The van der Waals surface area contributed by atoms with Gasteiger partial charge in [0.25, 0.3) is 5.91 Å². The number of rotatable bonds is 4. The van der Waals surface area contributed by atoms with Gasteiger partial charge in [-0.15, -0.1) is 0 Å². The van der Waals surface area contributed by atoms with Gasteiger partial charge in [0.2, 0.25) is 0 Å². The average Bonchev–Trinajstić information content (AvgIpc) is 3.17. The van der Waals surface area contributed by atoms with Crippen molar-refractivity contribution in [2.75, 3.05) is 18.0 Å². The van der Waals surface area contributed by atoms with Crippen molar-refractivity contribution in [1.82, 2.24) is 10.3 Å². The molecule has 2 aliphatic rings. The number of fused-ring (bicyclic) bond motifs is 1. The van der Waals surface area contributed by atoms with Crippen LogP contribution in [0.4, 0.5) is 5.82 Å². The third-order valence-electron chi connectivity index (χ3n) is 5.60. The highest BCUT2D eigenvalue weighted by atomic mass is 16.3. The zero-order valence-electron chi connectivity index (χ0n) is 17.7. The van der Waals surface area contributed by atoms with Gasteiger partial charge >= 0.3 is 0 Å². The quantitative estimate of drug-likeness (QED) is 0.402. The average molecular weight is 415 g/mol. The molecule has 0 atom stereocenters. The van der Waals surface area contributed by atoms with Crippen LogP contribution < -0.4 is 10.2 Å². The number of aliphatic imine (C=N–C) groups is 1. The fraction of sp³-hybridized carbons (Fsp3) is 0.250. The van der Waals surface area contributed by atoms with Crippen molar-refractivity contribution >= 4 is 35.1 Å². The molecule has 3 heterocycles. The zero-order valence-corrected chi connectivity index (χ0v) is 17.7. The van der Waals surface area contributed by atoms with Crippen molar-refractivity contribution < 1.29 is 9.90 Å². The molecule has 0 saturated carbocycles. The number of amides is 1. The van der Waals surface area contributed by atoms with E-state index in [9.17, 15) is 9.90 Å². The van der Waals surface area contributed by atoms with Crippen LogP contribution >= 0.6 is 0 Å². The Kier molecular flexibility index (Phi) is 5.42. The minimum atomic E-state index is -0.276. The summed E-state index contributed by atoms with van der Waals surface area (Å²) in [5.41, 5.74) is 5.97. The lowest BCUT2D eigenvalue weighted by molar-refractivity contribution is 0.0975. The molecule has 31 heavy (non-hydrogen) atoms. The second kappa shape index (κ2) is 8.18. The Morgan fingerprint density at radius 1 is 1.29 bits per heavy atom. The van der Waals surface area contributed by atoms with Crippen LogP contribution in [0.3, 0.4) is 0 Å². The third-order valence-corrected chi connectivity index (χ3v) is 5.60. The molecule has 7 heteroatoms. The van der Waals surface area contributed by atoms with Gasteiger partial charge in [0.15, 0.2) is 0 Å². The van der Waals surface area contributed by atoms with Gasteiger partial charge in [-0.25, -0.2) is 4.98 Å². The van der Waals surface area contributed by atoms with E-state index in [0.717, 1.165) is 40.8 Å². The first-order valence-corrected chi connectivity index (χ1v) is 10.2. The SMILES string of the molecule is C=C(O)c1nc(N2CCc3cccc(C(=O)NC(C)=N)c3C2)ccc1C1=C(C)CN=C1. The van der Waals surface area contributed by atoms with Crippen LogP contribution in [0.15, 0.2) is 47.5 Å². The first kappa shape index (κ1) is 20.5. The van der Waals surface area contributed by atoms with E-state index in [1.165, 1.54) is 0 Å². The van der Waals surface area contributed by atoms with Gasteiger partial charge < -0.3 is 15.3 Å². The van der Waals surface area contributed by atoms with E-state index in [2.05, 4.69) is 21.8 Å². The lowest BCUT2D eigenvalue weighted by Gasteiger charge is -2.31. The highest BCUT2D eigenvalue weighted by molar-refractivity contribution is 6.14. The minimum Gasteiger partial charge on any atom is -0.506 e. The van der Waals surface area contributed by atoms with E-state index in [1.54, 1.807) is 13.0 Å². The van der Waals surface area contributed by atoms with Crippen molar-refractivity contribution in [3.63, 3.8) is 0 Å². The van der Waals surface area contributed by atoms with Crippen LogP contribution in [0.1, 0.15) is 46.6 Å². The number of aliphatic hydroxyl groups excluding tert-OH is 1. The Bertz CT molecular complexity index is 1160. The minimum absolute atomic E-state index is 0.0867. The second-order valence-corrected chi connectivity index (χ2v) is 7.87. The smallest absolute Gasteiger partial charge is 0.256 e. The molecule has 2 aromatic rings. The predicted octanol–water partition coefficient (Wildman–Crippen LogP) is 3.76. The summed E-state index contributed by atoms with van der Waals surface area (Å²) in [5.74, 6) is 0.461. The molecular weight excluding hydrogens is 390 g/mol. The van der Waals surface area contributed by atoms with Crippen molar-refractivity contribution in [3.05, 3.63) is 70.4 Å². The van der Waals surface area contributed by atoms with Crippen LogP contribution in [0.5, 0.6) is 0 Å². The van der Waals surface area contributed by atoms with E-state index >= 15 is 0 Å². The number of aliphatic hydroxyl groups is 1. The number of allylic oxidation sites excluding steroid dienone is 1. The van der Waals surface area contributed by atoms with E-state index < -0.39 is 0 Å². The number of benzene rings is 1. The first-order valence-electron chi connectivity index (χ1n) is 10.2. The lowest BCUT2D eigenvalue weighted by Crippen LogP contribution is -2.35. The fourth-order valence-electron chi connectivity index (χ4n) is 4.06. The van der Waals surface area contributed by atoms with Gasteiger partial charge in [-0.05, 0) is 55.2 Å². The number of aromatic nitrogens is 1. The van der Waals surface area contributed by atoms with Crippen molar-refractivity contribution in [2.24, 2.45) is 4.99 Å². The van der Waals surface area contributed by atoms with Crippen LogP contribution in [0.25, 0.3) is 11.3 Å². The molecule has 7 nitrogen and oxygen atoms in total. The van der Waals surface area contributed by atoms with Crippen molar-refractivity contribution in [1.29, 1.82) is 5.41 Å². The first-order chi connectivity index (χ1) is 14.8. The van der Waals surface area contributed by atoms with Gasteiger partial charge in [0, 0.05) is 36.0 Å². The molecule has 1 aromatic carbocycles. The van der Waals surface area contributed by atoms with E-state index in [-0.39, 0.29) is 17.5 Å². The Morgan fingerprint density at radius 3 is 2.77 bits per heavy atom. The van der Waals surface area contributed by atoms with Gasteiger partial charge in [0.05, 0.1) is 12.4 Å². The van der Waals surface area contributed by atoms with Gasteiger partial charge in [-0.3, -0.25) is 15.2 Å². The van der Waals surface area contributed by atoms with Crippen LogP contribution in [-0.2, 0) is 13.0 Å². The summed E-state index contributed by atoms with van der Waals surface area (Å²) in [7, 11) is 0. The molecular formula is C24H25N5O2. The zero-order chi connectivity index (χ0) is 22.1. The van der Waals surface area contributed by atoms with Crippen LogP contribution in [0, 0.1) is 5.41 Å². The number of hydrogen-bond donors (Lipinski definition) is 3. The Morgan fingerprint density at radius 2 is 2.10 bits per heavy atom. The summed E-state index contributed by atoms with van der Waals surface area (Å²) >= 11 is 0. The maximum atomic E-state index is 12.6. The summed E-state index contributed by atoms with van der Waals surface area (Å²) < 4.78 is 0. The molecule has 0 spiro atoms. The van der Waals surface area contributed by atoms with Gasteiger partial charge in [0.1, 0.15) is 17.3 Å². The van der Waals surface area contributed by atoms with Gasteiger partial charge in [-0.2, -0.15) is 0 Å². The standard InChI is InChI=1S/C24H25N5O2/c1-14-11-26-12-20(14)18-7-8-22(28-23(18)15(2)30)29-10-9-17-5-4-6-19(21(17)13-29)24(31)27-16(3)25/h4-8,12,30H,2,9-11,13H2,1,3H3,(H2,25,27,31). The largest absolute Gasteiger partial charge is 0.506 e. The number of nitrogens with one attached hydrogen (secondary N) is 2. The predicted molar refractivity (Wildman–Crippen MR) is 124 cm³/mol. The Balaban J connectivity index is 1.69. The molecule has 0 radical (unpaired) electrons. The molecule has 3 N–H and O–H groups in total. The maximum absolute atomic E-state index is 12.6. The van der Waals surface area contributed by atoms with Crippen molar-refractivity contribution in [2.45, 2.75) is 26.8 Å². The summed E-state index contributed by atoms with van der Waals surface area (Å²) in [5, 5.41) is 20.4. The highest BCUT2D eigenvalue weighted by Gasteiger charge is 2.24. The summed E-state index contributed by atoms with van der Waals surface area (Å²) in [6.07, 6.45) is 2.58. The number of anilines is 1. The maximum Gasteiger partial charge on any atom is 0.256 e. The molecule has 2 aliphatic heterocycles. The molecule has 1 amide bonds. The van der Waals surface area contributed by atoms with Crippen LogP contribution in [0.2, 0.25) is 0 Å². The third kappa shape index (κ3) is 3.99. The molecule has 0 saturated heterocycles. The number of amidine groups is 1. The Labute approximate surface area is 181 Å². The number of hydrogen-bond acceptors (Lipinski definition) is 6. The molecule has 158 valence electrons. The van der Waals surface area contributed by atoms with E-state index in [1.807, 2.05) is 37.4 Å². The number of carbonyl (C=O) groups excluding carboxylic acids is 1. The van der Waals surface area contributed by atoms with E-state index in [4.69, 9.17) is 10.4 Å². The van der Waals surface area contributed by atoms with Gasteiger partial charge in [-0.1, -0.05) is 18.7 Å². The molecule has 0 unspecified atom stereocenters. The van der Waals surface area contributed by atoms with Crippen LogP contribution in [-0.4, -0.2) is 41.1 Å². The van der Waals surface area contributed by atoms with Crippen molar-refractivity contribution in [3.8, 4) is 0 Å².